The number of nitrogens with two attached hydrogens (primary N) is 1. The van der Waals surface area contributed by atoms with E-state index < -0.39 is 29.0 Å². The van der Waals surface area contributed by atoms with E-state index in [0.717, 1.165) is 18.6 Å². The number of carbonyl (C=O) groups is 1. The first-order valence-corrected chi connectivity index (χ1v) is 10.9. The van der Waals surface area contributed by atoms with Gasteiger partial charge in [0.05, 0.1) is 22.5 Å². The second kappa shape index (κ2) is 8.25. The lowest BCUT2D eigenvalue weighted by Crippen LogP contribution is -2.41. The lowest BCUT2D eigenvalue weighted by atomic mass is 9.61. The van der Waals surface area contributed by atoms with Gasteiger partial charge < -0.3 is 10.5 Å². The summed E-state index contributed by atoms with van der Waals surface area (Å²) in [6.07, 6.45) is -2.90. The molecule has 0 spiro atoms. The van der Waals surface area contributed by atoms with Crippen molar-refractivity contribution in [2.75, 3.05) is 0 Å². The first-order valence-electron chi connectivity index (χ1n) is 10.9. The Morgan fingerprint density at radius 1 is 1.32 bits per heavy atom. The maximum absolute atomic E-state index is 14.0. The normalized spacial score (nSPS) is 22.2. The summed E-state index contributed by atoms with van der Waals surface area (Å²) in [6, 6.07) is 5.59. The van der Waals surface area contributed by atoms with Gasteiger partial charge in [-0.1, -0.05) is 25.7 Å². The van der Waals surface area contributed by atoms with Gasteiger partial charge in [-0.15, -0.1) is 5.10 Å². The summed E-state index contributed by atoms with van der Waals surface area (Å²) in [4.78, 5) is 12.0. The number of rotatable bonds is 2. The highest BCUT2D eigenvalue weighted by Crippen LogP contribution is 2.53. The maximum Gasteiger partial charge on any atom is 0.416 e. The van der Waals surface area contributed by atoms with Crippen LogP contribution >= 0.6 is 0 Å². The number of aryl methyl sites for hydroxylation is 1. The fourth-order valence-electron chi connectivity index (χ4n) is 4.99. The topological polar surface area (TPSA) is 105 Å². The summed E-state index contributed by atoms with van der Waals surface area (Å²) in [5, 5.41) is 17.0. The molecule has 1 saturated carbocycles. The lowest BCUT2D eigenvalue weighted by Gasteiger charge is -2.41. The van der Waals surface area contributed by atoms with Crippen molar-refractivity contribution in [2.45, 2.75) is 51.6 Å². The van der Waals surface area contributed by atoms with Crippen LogP contribution in [-0.4, -0.2) is 16.0 Å². The Morgan fingerprint density at radius 2 is 2.06 bits per heavy atom. The number of hydrogen-bond acceptors (Lipinski definition) is 5. The number of carbonyl (C=O) groups excluding carboxylic acids is 1. The van der Waals surface area contributed by atoms with Gasteiger partial charge in [0.1, 0.15) is 17.4 Å². The van der Waals surface area contributed by atoms with Crippen molar-refractivity contribution in [2.24, 2.45) is 17.6 Å². The largest absolute Gasteiger partial charge is 0.420 e. The number of aromatic amines is 1. The number of H-pyrrole nitrogens is 1. The molecule has 176 valence electrons. The molecule has 0 saturated heterocycles. The van der Waals surface area contributed by atoms with Gasteiger partial charge in [-0.25, -0.2) is 0 Å². The Balaban J connectivity index is 2.03. The van der Waals surface area contributed by atoms with Gasteiger partial charge >= 0.3 is 6.18 Å². The highest BCUT2D eigenvalue weighted by molar-refractivity contribution is 5.85. The summed E-state index contributed by atoms with van der Waals surface area (Å²) in [5.41, 5.74) is 5.13. The van der Waals surface area contributed by atoms with Crippen molar-refractivity contribution in [3.8, 4) is 23.8 Å². The SMILES string of the molecule is Cc1[nH]nc2c1C(c1cc(C#CC3CCCC3=O)cc(C(F)(F)F)c1)(C(C)C)C(C#N)=C(N)O2. The standard InChI is InChI=1S/C25H23F3N4O2/c1-13(2)24(19(12-29)22(30)34-23-21(24)14(3)31-32-23)17-9-15(10-18(11-17)25(26,27)28)7-8-16-5-4-6-20(16)33/h9-11,13,16H,4-6,30H2,1-3H3,(H,31,32). The third-order valence-electron chi connectivity index (χ3n) is 6.54. The highest BCUT2D eigenvalue weighted by Gasteiger charge is 2.51. The zero-order chi connectivity index (χ0) is 24.8. The first kappa shape index (κ1) is 23.4. The van der Waals surface area contributed by atoms with Gasteiger partial charge in [-0.3, -0.25) is 9.89 Å². The molecule has 4 rings (SSSR count). The Bertz CT molecular complexity index is 1300. The summed E-state index contributed by atoms with van der Waals surface area (Å²) < 4.78 is 47.4. The van der Waals surface area contributed by atoms with E-state index in [4.69, 9.17) is 10.5 Å². The third-order valence-corrected chi connectivity index (χ3v) is 6.54. The van der Waals surface area contributed by atoms with Crippen LogP contribution in [0.5, 0.6) is 5.88 Å². The average Bonchev–Trinajstić information content (AvgIpc) is 3.35. The van der Waals surface area contributed by atoms with Crippen LogP contribution in [0.1, 0.15) is 61.1 Å². The number of fused-ring (bicyclic) bond motifs is 1. The molecule has 34 heavy (non-hydrogen) atoms. The minimum atomic E-state index is -4.66. The Kier molecular flexibility index (Phi) is 5.69. The molecule has 2 unspecified atom stereocenters. The number of nitriles is 1. The number of halogens is 3. The maximum atomic E-state index is 14.0. The molecule has 2 atom stereocenters. The number of nitrogens with zero attached hydrogens (tertiary/aromatic N) is 2. The van der Waals surface area contributed by atoms with Crippen molar-refractivity contribution >= 4 is 5.78 Å². The fourth-order valence-corrected chi connectivity index (χ4v) is 4.99. The van der Waals surface area contributed by atoms with Crippen molar-refractivity contribution in [3.05, 3.63) is 57.6 Å². The molecule has 2 heterocycles. The quantitative estimate of drug-likeness (QED) is 0.632. The molecule has 0 bridgehead atoms. The number of hydrogen-bond donors (Lipinski definition) is 2. The molecular formula is C25H23F3N4O2. The van der Waals surface area contributed by atoms with Crippen LogP contribution in [-0.2, 0) is 16.4 Å². The third kappa shape index (κ3) is 3.62. The summed E-state index contributed by atoms with van der Waals surface area (Å²) >= 11 is 0. The minimum absolute atomic E-state index is 0.00343. The number of alkyl halides is 3. The second-order valence-electron chi connectivity index (χ2n) is 8.92. The number of ether oxygens (including phenoxy) is 1. The predicted molar refractivity (Wildman–Crippen MR) is 117 cm³/mol. The molecule has 1 fully saturated rings. The molecular weight excluding hydrogens is 445 g/mol. The number of ketones is 1. The highest BCUT2D eigenvalue weighted by atomic mass is 19.4. The van der Waals surface area contributed by atoms with E-state index in [1.54, 1.807) is 20.8 Å². The van der Waals surface area contributed by atoms with Gasteiger partial charge in [-0.05, 0) is 49.4 Å². The summed E-state index contributed by atoms with van der Waals surface area (Å²) in [5.74, 6) is 4.66. The van der Waals surface area contributed by atoms with Crippen molar-refractivity contribution in [1.82, 2.24) is 10.2 Å². The molecule has 0 radical (unpaired) electrons. The Labute approximate surface area is 195 Å². The number of aromatic nitrogens is 2. The molecule has 9 heteroatoms. The minimum Gasteiger partial charge on any atom is -0.420 e. The molecule has 3 N–H and O–H groups in total. The van der Waals surface area contributed by atoms with Crippen molar-refractivity contribution in [3.63, 3.8) is 0 Å². The zero-order valence-corrected chi connectivity index (χ0v) is 18.9. The molecule has 1 aromatic carbocycles. The van der Waals surface area contributed by atoms with Gasteiger partial charge in [0, 0.05) is 17.7 Å². The van der Waals surface area contributed by atoms with Crippen LogP contribution in [0, 0.1) is 41.9 Å². The van der Waals surface area contributed by atoms with E-state index >= 15 is 0 Å². The van der Waals surface area contributed by atoms with Crippen LogP contribution in [0.25, 0.3) is 0 Å². The summed E-state index contributed by atoms with van der Waals surface area (Å²) in [6.45, 7) is 5.31. The van der Waals surface area contributed by atoms with Gasteiger partial charge in [-0.2, -0.15) is 18.4 Å². The summed E-state index contributed by atoms with van der Waals surface area (Å²) in [7, 11) is 0. The number of benzene rings is 1. The van der Waals surface area contributed by atoms with E-state index in [2.05, 4.69) is 28.1 Å². The molecule has 1 aliphatic carbocycles. The van der Waals surface area contributed by atoms with Crippen molar-refractivity contribution < 1.29 is 22.7 Å². The van der Waals surface area contributed by atoms with Gasteiger partial charge in [0.15, 0.2) is 0 Å². The first-order chi connectivity index (χ1) is 16.0. The molecule has 2 aliphatic rings. The van der Waals surface area contributed by atoms with E-state index in [-0.39, 0.29) is 34.2 Å². The fraction of sp³-hybridized carbons (Fsp3) is 0.400. The van der Waals surface area contributed by atoms with Crippen molar-refractivity contribution in [1.29, 1.82) is 5.26 Å². The van der Waals surface area contributed by atoms with Crippen LogP contribution in [0.2, 0.25) is 0 Å². The molecule has 0 amide bonds. The van der Waals surface area contributed by atoms with E-state index in [1.807, 2.05) is 0 Å². The Hall–Kier alpha value is -3.72. The Morgan fingerprint density at radius 3 is 2.65 bits per heavy atom. The van der Waals surface area contributed by atoms with Crippen LogP contribution in [0.15, 0.2) is 29.7 Å². The van der Waals surface area contributed by atoms with Gasteiger partial charge in [0.25, 0.3) is 0 Å². The van der Waals surface area contributed by atoms with Crippen LogP contribution in [0.4, 0.5) is 13.2 Å². The number of nitrogens with one attached hydrogen (secondary N) is 1. The zero-order valence-electron chi connectivity index (χ0n) is 18.9. The predicted octanol–water partition coefficient (Wildman–Crippen LogP) is 4.49. The van der Waals surface area contributed by atoms with E-state index in [1.165, 1.54) is 6.07 Å². The monoisotopic (exact) mass is 468 g/mol. The molecule has 6 nitrogen and oxygen atoms in total. The average molecular weight is 468 g/mol. The second-order valence-corrected chi connectivity index (χ2v) is 8.92. The smallest absolute Gasteiger partial charge is 0.416 e. The van der Waals surface area contributed by atoms with E-state index in [0.29, 0.717) is 24.1 Å². The van der Waals surface area contributed by atoms with Gasteiger partial charge in [0.2, 0.25) is 11.8 Å². The lowest BCUT2D eigenvalue weighted by molar-refractivity contribution is -0.137. The van der Waals surface area contributed by atoms with Crippen LogP contribution < -0.4 is 10.5 Å². The van der Waals surface area contributed by atoms with E-state index in [9.17, 15) is 23.2 Å². The number of allylic oxidation sites excluding steroid dienone is 1. The molecule has 2 aromatic rings. The van der Waals surface area contributed by atoms with Crippen LogP contribution in [0.3, 0.4) is 0 Å². The number of Topliss-reactive ketones (excluding diaryl/α,β-unsaturated/α-hetero) is 1. The molecule has 1 aromatic heterocycles. The molecule has 1 aliphatic heterocycles.